The minimum atomic E-state index is -0.414. The highest BCUT2D eigenvalue weighted by atomic mass is 16.1. The Bertz CT molecular complexity index is 492. The van der Waals surface area contributed by atoms with Crippen molar-refractivity contribution < 1.29 is 4.79 Å². The molecule has 1 aromatic heterocycles. The second-order valence-electron chi connectivity index (χ2n) is 6.02. The molecule has 0 aromatic carbocycles. The second kappa shape index (κ2) is 5.51. The average Bonchev–Trinajstić information content (AvgIpc) is 2.89. The van der Waals surface area contributed by atoms with Crippen LogP contribution in [0.15, 0.2) is 30.9 Å². The molecule has 1 unspecified atom stereocenters. The van der Waals surface area contributed by atoms with E-state index >= 15 is 0 Å². The lowest BCUT2D eigenvalue weighted by Gasteiger charge is -2.21. The van der Waals surface area contributed by atoms with Crippen molar-refractivity contribution in [2.24, 2.45) is 11.3 Å². The first kappa shape index (κ1) is 13.7. The van der Waals surface area contributed by atoms with Crippen LogP contribution in [0.1, 0.15) is 40.0 Å². The molecule has 0 bridgehead atoms. The van der Waals surface area contributed by atoms with Crippen molar-refractivity contribution in [3.63, 3.8) is 0 Å². The Balaban J connectivity index is 2.32. The minimum Gasteiger partial charge on any atom is -0.292 e. The molecule has 1 aliphatic carbocycles. The zero-order chi connectivity index (χ0) is 13.9. The second-order valence-corrected chi connectivity index (χ2v) is 6.02. The number of carbonyl (C=O) groups is 1. The van der Waals surface area contributed by atoms with Crippen LogP contribution in [0.3, 0.4) is 0 Å². The van der Waals surface area contributed by atoms with E-state index in [0.29, 0.717) is 11.6 Å². The fourth-order valence-corrected chi connectivity index (χ4v) is 2.16. The standard InChI is InChI=1S/C15H21N3O/c1-15(2,3)14(19)13(18-11-16-10-17-18)9-12-7-5-4-6-8-12/h4-5,9-12H,6-8H2,1-3H3. The molecule has 19 heavy (non-hydrogen) atoms. The van der Waals surface area contributed by atoms with Gasteiger partial charge in [0.05, 0.1) is 0 Å². The molecule has 4 heteroatoms. The fourth-order valence-electron chi connectivity index (χ4n) is 2.16. The molecule has 1 atom stereocenters. The largest absolute Gasteiger partial charge is 0.292 e. The zero-order valence-electron chi connectivity index (χ0n) is 11.8. The molecule has 0 radical (unpaired) electrons. The third-order valence-electron chi connectivity index (χ3n) is 3.28. The lowest BCUT2D eigenvalue weighted by atomic mass is 9.86. The zero-order valence-corrected chi connectivity index (χ0v) is 11.8. The van der Waals surface area contributed by atoms with Gasteiger partial charge in [-0.25, -0.2) is 9.67 Å². The predicted molar refractivity (Wildman–Crippen MR) is 75.2 cm³/mol. The predicted octanol–water partition coefficient (Wildman–Crippen LogP) is 3.09. The lowest BCUT2D eigenvalue weighted by molar-refractivity contribution is -0.120. The molecule has 0 spiro atoms. The SMILES string of the molecule is CC(C)(C)C(=O)C(=CC1CC=CCC1)n1cncn1. The summed E-state index contributed by atoms with van der Waals surface area (Å²) in [6.45, 7) is 5.79. The van der Waals surface area contributed by atoms with Crippen molar-refractivity contribution in [2.75, 3.05) is 0 Å². The molecular weight excluding hydrogens is 238 g/mol. The van der Waals surface area contributed by atoms with Crippen LogP contribution in [-0.4, -0.2) is 20.5 Å². The first-order valence-corrected chi connectivity index (χ1v) is 6.75. The van der Waals surface area contributed by atoms with Crippen molar-refractivity contribution in [3.8, 4) is 0 Å². The van der Waals surface area contributed by atoms with Crippen LogP contribution >= 0.6 is 0 Å². The Kier molecular flexibility index (Phi) is 3.98. The molecule has 0 amide bonds. The van der Waals surface area contributed by atoms with Crippen LogP contribution < -0.4 is 0 Å². The van der Waals surface area contributed by atoms with Gasteiger partial charge in [-0.1, -0.05) is 39.0 Å². The highest BCUT2D eigenvalue weighted by molar-refractivity contribution is 6.17. The highest BCUT2D eigenvalue weighted by Crippen LogP contribution is 2.27. The van der Waals surface area contributed by atoms with Crippen LogP contribution in [0, 0.1) is 11.3 Å². The lowest BCUT2D eigenvalue weighted by Crippen LogP contribution is -2.25. The maximum atomic E-state index is 12.6. The molecule has 2 rings (SSSR count). The summed E-state index contributed by atoms with van der Waals surface area (Å²) in [5.74, 6) is 0.517. The van der Waals surface area contributed by atoms with Crippen LogP contribution in [0.5, 0.6) is 0 Å². The Labute approximate surface area is 114 Å². The summed E-state index contributed by atoms with van der Waals surface area (Å²) < 4.78 is 1.59. The average molecular weight is 259 g/mol. The molecule has 0 N–H and O–H groups in total. The van der Waals surface area contributed by atoms with Crippen LogP contribution in [0.2, 0.25) is 0 Å². The summed E-state index contributed by atoms with van der Waals surface area (Å²) in [4.78, 5) is 16.5. The van der Waals surface area contributed by atoms with E-state index in [-0.39, 0.29) is 5.78 Å². The Morgan fingerprint density at radius 1 is 1.37 bits per heavy atom. The van der Waals surface area contributed by atoms with Crippen molar-refractivity contribution in [2.45, 2.75) is 40.0 Å². The van der Waals surface area contributed by atoms with Crippen molar-refractivity contribution in [3.05, 3.63) is 30.9 Å². The van der Waals surface area contributed by atoms with Gasteiger partial charge >= 0.3 is 0 Å². The van der Waals surface area contributed by atoms with Gasteiger partial charge in [-0.15, -0.1) is 0 Å². The van der Waals surface area contributed by atoms with E-state index in [1.807, 2.05) is 20.8 Å². The van der Waals surface area contributed by atoms with Gasteiger partial charge in [-0.2, -0.15) is 5.10 Å². The molecule has 0 fully saturated rings. The van der Waals surface area contributed by atoms with E-state index in [0.717, 1.165) is 19.3 Å². The molecule has 102 valence electrons. The van der Waals surface area contributed by atoms with Gasteiger partial charge in [0.15, 0.2) is 5.78 Å². The van der Waals surface area contributed by atoms with Crippen LogP contribution in [-0.2, 0) is 4.79 Å². The number of hydrogen-bond acceptors (Lipinski definition) is 3. The Morgan fingerprint density at radius 2 is 2.16 bits per heavy atom. The minimum absolute atomic E-state index is 0.104. The summed E-state index contributed by atoms with van der Waals surface area (Å²) in [5.41, 5.74) is 0.229. The van der Waals surface area contributed by atoms with Gasteiger partial charge in [0.2, 0.25) is 0 Å². The fraction of sp³-hybridized carbons (Fsp3) is 0.533. The maximum absolute atomic E-state index is 12.6. The van der Waals surface area contributed by atoms with Gasteiger partial charge in [-0.05, 0) is 25.2 Å². The third kappa shape index (κ3) is 3.40. The van der Waals surface area contributed by atoms with E-state index in [1.165, 1.54) is 6.33 Å². The number of ketones is 1. The van der Waals surface area contributed by atoms with E-state index in [2.05, 4.69) is 28.3 Å². The Morgan fingerprint density at radius 3 is 2.68 bits per heavy atom. The van der Waals surface area contributed by atoms with E-state index < -0.39 is 5.41 Å². The summed E-state index contributed by atoms with van der Waals surface area (Å²) >= 11 is 0. The molecular formula is C15H21N3O. The summed E-state index contributed by atoms with van der Waals surface area (Å²) in [6.07, 6.45) is 12.7. The number of hydrogen-bond donors (Lipinski definition) is 0. The van der Waals surface area contributed by atoms with E-state index in [1.54, 1.807) is 11.0 Å². The highest BCUT2D eigenvalue weighted by Gasteiger charge is 2.27. The quantitative estimate of drug-likeness (QED) is 0.619. The third-order valence-corrected chi connectivity index (χ3v) is 3.28. The molecule has 0 aliphatic heterocycles. The van der Waals surface area contributed by atoms with Crippen molar-refractivity contribution in [1.29, 1.82) is 0 Å². The number of rotatable bonds is 3. The Hall–Kier alpha value is -1.71. The number of Topliss-reactive ketones (excluding diaryl/α,β-unsaturated/α-hetero) is 1. The maximum Gasteiger partial charge on any atom is 0.186 e. The first-order valence-electron chi connectivity index (χ1n) is 6.75. The molecule has 1 aromatic rings. The molecule has 0 saturated heterocycles. The number of aromatic nitrogens is 3. The summed E-state index contributed by atoms with van der Waals surface area (Å²) in [7, 11) is 0. The van der Waals surface area contributed by atoms with E-state index in [4.69, 9.17) is 0 Å². The van der Waals surface area contributed by atoms with Crippen LogP contribution in [0.4, 0.5) is 0 Å². The molecule has 1 heterocycles. The van der Waals surface area contributed by atoms with Crippen molar-refractivity contribution in [1.82, 2.24) is 14.8 Å². The van der Waals surface area contributed by atoms with Gasteiger partial charge in [0.25, 0.3) is 0 Å². The molecule has 0 saturated carbocycles. The molecule has 4 nitrogen and oxygen atoms in total. The summed E-state index contributed by atoms with van der Waals surface area (Å²) in [6, 6.07) is 0. The monoisotopic (exact) mass is 259 g/mol. The van der Waals surface area contributed by atoms with Crippen molar-refractivity contribution >= 4 is 11.5 Å². The molecule has 1 aliphatic rings. The van der Waals surface area contributed by atoms with Gasteiger partial charge in [0.1, 0.15) is 18.4 Å². The topological polar surface area (TPSA) is 47.8 Å². The first-order chi connectivity index (χ1) is 8.98. The smallest absolute Gasteiger partial charge is 0.186 e. The number of allylic oxidation sites excluding steroid dienone is 4. The number of nitrogens with zero attached hydrogens (tertiary/aromatic N) is 3. The van der Waals surface area contributed by atoms with Gasteiger partial charge in [-0.3, -0.25) is 4.79 Å². The van der Waals surface area contributed by atoms with E-state index in [9.17, 15) is 4.79 Å². The van der Waals surface area contributed by atoms with Gasteiger partial charge in [0, 0.05) is 5.41 Å². The number of carbonyl (C=O) groups excluding carboxylic acids is 1. The van der Waals surface area contributed by atoms with Crippen LogP contribution in [0.25, 0.3) is 5.70 Å². The normalized spacial score (nSPS) is 20.6. The summed E-state index contributed by atoms with van der Waals surface area (Å²) in [5, 5.41) is 4.12. The van der Waals surface area contributed by atoms with Gasteiger partial charge < -0.3 is 0 Å².